The van der Waals surface area contributed by atoms with Gasteiger partial charge < -0.3 is 4.90 Å². The molecule has 0 radical (unpaired) electrons. The van der Waals surface area contributed by atoms with Crippen molar-refractivity contribution in [1.29, 1.82) is 0 Å². The number of nitrogens with zero attached hydrogens (tertiary/aromatic N) is 3. The largest absolute Gasteiger partial charge is 0.337 e. The Morgan fingerprint density at radius 2 is 1.74 bits per heavy atom. The number of halogens is 1. The van der Waals surface area contributed by atoms with Gasteiger partial charge >= 0.3 is 0 Å². The molecule has 0 spiro atoms. The van der Waals surface area contributed by atoms with Crippen molar-refractivity contribution < 1.29 is 9.72 Å². The third-order valence-corrected chi connectivity index (χ3v) is 5.23. The minimum absolute atomic E-state index is 0. The van der Waals surface area contributed by atoms with Crippen LogP contribution >= 0.6 is 12.4 Å². The molecule has 3 rings (SSSR count). The maximum absolute atomic E-state index is 12.3. The molecular weight excluding hydrogens is 366 g/mol. The number of allylic oxidation sites excluding steroid dienone is 2. The third-order valence-electron chi connectivity index (χ3n) is 5.23. The van der Waals surface area contributed by atoms with Gasteiger partial charge in [0.2, 0.25) is 5.91 Å². The fourth-order valence-electron chi connectivity index (χ4n) is 3.77. The normalized spacial score (nSPS) is 18.9. The highest BCUT2D eigenvalue weighted by Crippen LogP contribution is 2.24. The molecule has 7 heteroatoms. The maximum atomic E-state index is 12.3. The first kappa shape index (κ1) is 21.1. The van der Waals surface area contributed by atoms with Crippen molar-refractivity contribution in [2.45, 2.75) is 31.7 Å². The van der Waals surface area contributed by atoms with Gasteiger partial charge in [-0.15, -0.1) is 12.4 Å². The summed E-state index contributed by atoms with van der Waals surface area (Å²) in [4.78, 5) is 27.3. The van der Waals surface area contributed by atoms with E-state index in [1.165, 1.54) is 37.8 Å². The Balaban J connectivity index is 0.00000261. The predicted molar refractivity (Wildman–Crippen MR) is 109 cm³/mol. The van der Waals surface area contributed by atoms with Crippen molar-refractivity contribution in [1.82, 2.24) is 9.80 Å². The summed E-state index contributed by atoms with van der Waals surface area (Å²) in [5.41, 5.74) is 0.589. The summed E-state index contributed by atoms with van der Waals surface area (Å²) < 4.78 is 0. The number of piperazine rings is 1. The molecule has 0 aromatic heterocycles. The molecule has 146 valence electrons. The number of benzene rings is 1. The molecule has 1 aromatic rings. The standard InChI is InChI=1S/C20H25N3O3.ClH/c24-20(22-15-13-21(14-16-22)18-9-3-4-10-18)12-6-2-8-17-7-1-5-11-19(17)23(25)26;/h1-2,5-8,11-12,18H,3-4,9-10,13-16H2;1H/b8-2+,12-6+;. The lowest BCUT2D eigenvalue weighted by Gasteiger charge is -2.37. The van der Waals surface area contributed by atoms with E-state index in [1.807, 2.05) is 4.90 Å². The Hall–Kier alpha value is -2.18. The van der Waals surface area contributed by atoms with Crippen LogP contribution in [-0.2, 0) is 4.79 Å². The maximum Gasteiger partial charge on any atom is 0.276 e. The Morgan fingerprint density at radius 1 is 1.07 bits per heavy atom. The average molecular weight is 392 g/mol. The molecule has 6 nitrogen and oxygen atoms in total. The number of amides is 1. The number of carbonyl (C=O) groups excluding carboxylic acids is 1. The molecule has 1 aromatic carbocycles. The highest BCUT2D eigenvalue weighted by Gasteiger charge is 2.27. The van der Waals surface area contributed by atoms with Crippen LogP contribution in [0.1, 0.15) is 31.2 Å². The second kappa shape index (κ2) is 10.2. The first-order chi connectivity index (χ1) is 12.6. The number of rotatable bonds is 5. The smallest absolute Gasteiger partial charge is 0.276 e. The Morgan fingerprint density at radius 3 is 2.41 bits per heavy atom. The summed E-state index contributed by atoms with van der Waals surface area (Å²) in [6.07, 6.45) is 11.8. The highest BCUT2D eigenvalue weighted by molar-refractivity contribution is 5.88. The second-order valence-corrected chi connectivity index (χ2v) is 6.83. The van der Waals surface area contributed by atoms with Crippen LogP contribution in [0, 0.1) is 10.1 Å². The van der Waals surface area contributed by atoms with Gasteiger partial charge in [-0.25, -0.2) is 0 Å². The first-order valence-electron chi connectivity index (χ1n) is 9.26. The van der Waals surface area contributed by atoms with E-state index in [9.17, 15) is 14.9 Å². The van der Waals surface area contributed by atoms with Gasteiger partial charge in [-0.2, -0.15) is 0 Å². The van der Waals surface area contributed by atoms with Gasteiger partial charge in [0.25, 0.3) is 5.69 Å². The van der Waals surface area contributed by atoms with Crippen molar-refractivity contribution in [3.8, 4) is 0 Å². The summed E-state index contributed by atoms with van der Waals surface area (Å²) in [6, 6.07) is 7.27. The zero-order valence-corrected chi connectivity index (χ0v) is 16.1. The lowest BCUT2D eigenvalue weighted by Crippen LogP contribution is -2.51. The lowest BCUT2D eigenvalue weighted by atomic mass is 10.1. The van der Waals surface area contributed by atoms with E-state index >= 15 is 0 Å². The molecular formula is C20H26ClN3O3. The number of nitro groups is 1. The van der Waals surface area contributed by atoms with E-state index in [-0.39, 0.29) is 24.0 Å². The molecule has 2 aliphatic rings. The van der Waals surface area contributed by atoms with Gasteiger partial charge in [0.15, 0.2) is 0 Å². The van der Waals surface area contributed by atoms with Gasteiger partial charge in [-0.3, -0.25) is 19.8 Å². The van der Waals surface area contributed by atoms with Crippen LogP contribution < -0.4 is 0 Å². The number of hydrogen-bond acceptors (Lipinski definition) is 4. The van der Waals surface area contributed by atoms with Crippen LogP contribution in [0.5, 0.6) is 0 Å². The van der Waals surface area contributed by atoms with Gasteiger partial charge in [0.05, 0.1) is 10.5 Å². The van der Waals surface area contributed by atoms with Crippen LogP contribution in [0.15, 0.2) is 42.5 Å². The molecule has 1 aliphatic heterocycles. The lowest BCUT2D eigenvalue weighted by molar-refractivity contribution is -0.385. The summed E-state index contributed by atoms with van der Waals surface area (Å²) in [5, 5.41) is 11.0. The summed E-state index contributed by atoms with van der Waals surface area (Å²) in [5.74, 6) is 0.00304. The molecule has 1 saturated carbocycles. The van der Waals surface area contributed by atoms with Crippen LogP contribution in [-0.4, -0.2) is 52.9 Å². The molecule has 0 unspecified atom stereocenters. The number of para-hydroxylation sites is 1. The summed E-state index contributed by atoms with van der Waals surface area (Å²) >= 11 is 0. The number of nitro benzene ring substituents is 1. The van der Waals surface area contributed by atoms with Gasteiger partial charge in [0, 0.05) is 44.4 Å². The molecule has 1 aliphatic carbocycles. The van der Waals surface area contributed by atoms with Gasteiger partial charge in [-0.05, 0) is 25.0 Å². The van der Waals surface area contributed by atoms with Gasteiger partial charge in [0.1, 0.15) is 0 Å². The molecule has 2 fully saturated rings. The molecule has 0 atom stereocenters. The van der Waals surface area contributed by atoms with Gasteiger partial charge in [-0.1, -0.05) is 37.1 Å². The second-order valence-electron chi connectivity index (χ2n) is 6.83. The highest BCUT2D eigenvalue weighted by atomic mass is 35.5. The quantitative estimate of drug-likeness (QED) is 0.332. The third kappa shape index (κ3) is 5.65. The molecule has 1 amide bonds. The Kier molecular flexibility index (Phi) is 8.00. The van der Waals surface area contributed by atoms with Crippen molar-refractivity contribution in [2.24, 2.45) is 0 Å². The molecule has 1 saturated heterocycles. The SMILES string of the molecule is Cl.O=C(/C=C/C=C/c1ccccc1[N+](=O)[O-])N1CCN(C2CCCC2)CC1. The number of carbonyl (C=O) groups is 1. The van der Waals surface area contributed by atoms with Crippen LogP contribution in [0.4, 0.5) is 5.69 Å². The summed E-state index contributed by atoms with van der Waals surface area (Å²) in [7, 11) is 0. The minimum Gasteiger partial charge on any atom is -0.337 e. The van der Waals surface area contributed by atoms with Crippen LogP contribution in [0.25, 0.3) is 6.08 Å². The van der Waals surface area contributed by atoms with E-state index in [1.54, 1.807) is 36.4 Å². The minimum atomic E-state index is -0.404. The predicted octanol–water partition coefficient (Wildman–Crippen LogP) is 3.67. The van der Waals surface area contributed by atoms with E-state index < -0.39 is 4.92 Å². The van der Waals surface area contributed by atoms with Crippen LogP contribution in [0.3, 0.4) is 0 Å². The first-order valence-corrected chi connectivity index (χ1v) is 9.26. The van der Waals surface area contributed by atoms with E-state index in [0.717, 1.165) is 26.2 Å². The fraction of sp³-hybridized carbons (Fsp3) is 0.450. The molecule has 27 heavy (non-hydrogen) atoms. The zero-order valence-electron chi connectivity index (χ0n) is 15.3. The Labute approximate surface area is 166 Å². The number of hydrogen-bond donors (Lipinski definition) is 0. The van der Waals surface area contributed by atoms with E-state index in [4.69, 9.17) is 0 Å². The molecule has 0 bridgehead atoms. The monoisotopic (exact) mass is 391 g/mol. The average Bonchev–Trinajstić information content (AvgIpc) is 3.20. The molecule has 1 heterocycles. The van der Waals surface area contributed by atoms with E-state index in [2.05, 4.69) is 4.90 Å². The molecule has 0 N–H and O–H groups in total. The van der Waals surface area contributed by atoms with E-state index in [0.29, 0.717) is 11.6 Å². The van der Waals surface area contributed by atoms with Crippen molar-refractivity contribution in [3.63, 3.8) is 0 Å². The van der Waals surface area contributed by atoms with Crippen molar-refractivity contribution >= 4 is 30.1 Å². The Bertz CT molecular complexity index is 706. The van der Waals surface area contributed by atoms with Crippen LogP contribution in [0.2, 0.25) is 0 Å². The zero-order chi connectivity index (χ0) is 18.4. The van der Waals surface area contributed by atoms with Crippen molar-refractivity contribution in [3.05, 3.63) is 58.2 Å². The summed E-state index contributed by atoms with van der Waals surface area (Å²) in [6.45, 7) is 3.45. The fourth-order valence-corrected chi connectivity index (χ4v) is 3.77. The van der Waals surface area contributed by atoms with Crippen molar-refractivity contribution in [2.75, 3.05) is 26.2 Å². The topological polar surface area (TPSA) is 66.7 Å².